The molecule has 156 valence electrons. The molecule has 0 aliphatic carbocycles. The molecule has 1 fully saturated rings. The molecule has 0 radical (unpaired) electrons. The average Bonchev–Trinajstić information content (AvgIpc) is 2.68. The van der Waals surface area contributed by atoms with E-state index in [0.717, 1.165) is 12.2 Å². The molecular formula is C18H15N3O8S. The Kier molecular flexibility index (Phi) is 5.52. The van der Waals surface area contributed by atoms with E-state index >= 15 is 0 Å². The molecule has 0 unspecified atom stereocenters. The highest BCUT2D eigenvalue weighted by Crippen LogP contribution is 2.41. The van der Waals surface area contributed by atoms with Crippen molar-refractivity contribution >= 4 is 39.7 Å². The highest BCUT2D eigenvalue weighted by atomic mass is 32.2. The summed E-state index contributed by atoms with van der Waals surface area (Å²) in [6, 6.07) is 4.86. The van der Waals surface area contributed by atoms with Gasteiger partial charge in [-0.05, 0) is 23.8 Å². The van der Waals surface area contributed by atoms with Gasteiger partial charge in [-0.2, -0.15) is 0 Å². The predicted octanol–water partition coefficient (Wildman–Crippen LogP) is -0.843. The predicted molar refractivity (Wildman–Crippen MR) is 101 cm³/mol. The third-order valence-corrected chi connectivity index (χ3v) is 6.11. The number of rotatable bonds is 6. The Balaban J connectivity index is 1.96. The Morgan fingerprint density at radius 1 is 1.27 bits per heavy atom. The number of sulfone groups is 1. The number of pyridine rings is 1. The van der Waals surface area contributed by atoms with Gasteiger partial charge >= 0.3 is 11.9 Å². The number of nitrogens with one attached hydrogen (secondary N) is 1. The molecule has 11 nitrogen and oxygen atoms in total. The van der Waals surface area contributed by atoms with Crippen molar-refractivity contribution in [1.82, 2.24) is 15.2 Å². The molecular weight excluding hydrogens is 418 g/mol. The van der Waals surface area contributed by atoms with E-state index in [9.17, 15) is 32.7 Å². The zero-order valence-corrected chi connectivity index (χ0v) is 16.0. The monoisotopic (exact) mass is 433 g/mol. The van der Waals surface area contributed by atoms with Crippen LogP contribution in [0.1, 0.15) is 5.69 Å². The molecule has 1 atom stereocenters. The largest absolute Gasteiger partial charge is 0.480 e. The molecule has 2 aliphatic rings. The lowest BCUT2D eigenvalue weighted by Gasteiger charge is -2.45. The zero-order chi connectivity index (χ0) is 22.1. The normalized spacial score (nSPS) is 21.3. The number of nitrogens with zero attached hydrogens (tertiary/aromatic N) is 2. The van der Waals surface area contributed by atoms with Crippen LogP contribution in [0, 0.1) is 0 Å². The Morgan fingerprint density at radius 3 is 2.60 bits per heavy atom. The summed E-state index contributed by atoms with van der Waals surface area (Å²) in [6.45, 7) is -0.666. The number of β-lactam (4-membered cyclic amide) rings is 1. The lowest BCUT2D eigenvalue weighted by molar-refractivity contribution is -0.141. The van der Waals surface area contributed by atoms with Crippen molar-refractivity contribution in [3.63, 3.8) is 0 Å². The minimum atomic E-state index is -4.00. The molecule has 0 bridgehead atoms. The van der Waals surface area contributed by atoms with Crippen molar-refractivity contribution in [3.05, 3.63) is 59.1 Å². The van der Waals surface area contributed by atoms with E-state index in [1.54, 1.807) is 18.2 Å². The van der Waals surface area contributed by atoms with Gasteiger partial charge in [0.15, 0.2) is 15.2 Å². The van der Waals surface area contributed by atoms with Crippen molar-refractivity contribution < 1.29 is 37.8 Å². The van der Waals surface area contributed by atoms with Crippen LogP contribution < -0.4 is 5.32 Å². The van der Waals surface area contributed by atoms with Crippen molar-refractivity contribution in [1.29, 1.82) is 0 Å². The van der Waals surface area contributed by atoms with Gasteiger partial charge < -0.3 is 15.5 Å². The first-order valence-electron chi connectivity index (χ1n) is 8.43. The smallest absolute Gasteiger partial charge is 0.352 e. The fourth-order valence-electron chi connectivity index (χ4n) is 3.03. The minimum absolute atomic E-state index is 0.102. The number of aromatic nitrogens is 1. The summed E-state index contributed by atoms with van der Waals surface area (Å²) in [5.74, 6) is -5.20. The van der Waals surface area contributed by atoms with E-state index in [-0.39, 0.29) is 11.1 Å². The minimum Gasteiger partial charge on any atom is -0.480 e. The molecule has 1 saturated heterocycles. The second-order valence-electron chi connectivity index (χ2n) is 6.31. The first-order chi connectivity index (χ1) is 14.1. The number of allylic oxidation sites excluding steroid dienone is 1. The van der Waals surface area contributed by atoms with Crippen LogP contribution in [0.4, 0.5) is 0 Å². The lowest BCUT2D eigenvalue weighted by Crippen LogP contribution is -2.62. The van der Waals surface area contributed by atoms with Crippen LogP contribution >= 0.6 is 0 Å². The first-order valence-corrected chi connectivity index (χ1v) is 10.2. The van der Waals surface area contributed by atoms with E-state index in [1.165, 1.54) is 12.3 Å². The van der Waals surface area contributed by atoms with Gasteiger partial charge in [-0.1, -0.05) is 12.1 Å². The molecule has 0 spiro atoms. The molecule has 3 rings (SSSR count). The number of carboxylic acids is 2. The van der Waals surface area contributed by atoms with E-state index in [4.69, 9.17) is 5.11 Å². The molecule has 1 aromatic rings. The third-order valence-electron chi connectivity index (χ3n) is 4.25. The maximum atomic E-state index is 12.7. The molecule has 2 amide bonds. The van der Waals surface area contributed by atoms with Crippen molar-refractivity contribution in [3.8, 4) is 0 Å². The van der Waals surface area contributed by atoms with Gasteiger partial charge in [-0.25, -0.2) is 13.2 Å². The zero-order valence-electron chi connectivity index (χ0n) is 15.2. The lowest BCUT2D eigenvalue weighted by atomic mass is 10.0. The number of carboxylic acid groups (broad SMARTS) is 2. The van der Waals surface area contributed by atoms with Crippen LogP contribution in [-0.4, -0.2) is 69.9 Å². The van der Waals surface area contributed by atoms with E-state index in [2.05, 4.69) is 4.98 Å². The Labute approximate surface area is 169 Å². The van der Waals surface area contributed by atoms with Crippen molar-refractivity contribution in [2.75, 3.05) is 12.3 Å². The van der Waals surface area contributed by atoms with E-state index < -0.39 is 57.0 Å². The van der Waals surface area contributed by atoms with Crippen LogP contribution in [-0.2, 0) is 29.0 Å². The van der Waals surface area contributed by atoms with Gasteiger partial charge in [0.25, 0.3) is 5.91 Å². The second kappa shape index (κ2) is 7.91. The van der Waals surface area contributed by atoms with Gasteiger partial charge in [0.1, 0.15) is 12.2 Å². The van der Waals surface area contributed by atoms with Gasteiger partial charge in [-0.3, -0.25) is 24.3 Å². The maximum absolute atomic E-state index is 12.7. The highest BCUT2D eigenvalue weighted by molar-refractivity contribution is 7.92. The number of aliphatic carboxylic acids is 2. The summed E-state index contributed by atoms with van der Waals surface area (Å²) in [7, 11) is -4.00. The Hall–Kier alpha value is -3.80. The number of fused-ring (bicyclic) bond motifs is 1. The molecule has 0 saturated carbocycles. The Morgan fingerprint density at radius 2 is 2.00 bits per heavy atom. The molecule has 30 heavy (non-hydrogen) atoms. The van der Waals surface area contributed by atoms with Crippen LogP contribution in [0.3, 0.4) is 0 Å². The van der Waals surface area contributed by atoms with Crippen molar-refractivity contribution in [2.45, 2.75) is 5.37 Å². The third kappa shape index (κ3) is 3.98. The SMILES string of the molecule is O=C(O)CNC(=O)/C=C/C1=C(C(=O)O)N2C(=O)/C(=C\c3ccccn3)[C@H]2S(=O)(=O)C1. The quantitative estimate of drug-likeness (QED) is 0.382. The fourth-order valence-corrected chi connectivity index (χ4v) is 4.94. The summed E-state index contributed by atoms with van der Waals surface area (Å²) in [6.07, 6.45) is 4.51. The van der Waals surface area contributed by atoms with E-state index in [1.807, 2.05) is 5.32 Å². The number of carbonyl (C=O) groups is 4. The van der Waals surface area contributed by atoms with Crippen LogP contribution in [0.15, 0.2) is 53.4 Å². The van der Waals surface area contributed by atoms with Gasteiger partial charge in [-0.15, -0.1) is 0 Å². The molecule has 1 aromatic heterocycles. The highest BCUT2D eigenvalue weighted by Gasteiger charge is 2.56. The average molecular weight is 433 g/mol. The molecule has 0 aromatic carbocycles. The molecule has 3 N–H and O–H groups in total. The molecule has 3 heterocycles. The van der Waals surface area contributed by atoms with Crippen LogP contribution in [0.25, 0.3) is 6.08 Å². The number of hydrogen-bond donors (Lipinski definition) is 3. The topological polar surface area (TPSA) is 171 Å². The summed E-state index contributed by atoms with van der Waals surface area (Å²) < 4.78 is 25.5. The molecule has 12 heteroatoms. The molecule has 2 aliphatic heterocycles. The summed E-state index contributed by atoms with van der Waals surface area (Å²) in [4.78, 5) is 51.1. The van der Waals surface area contributed by atoms with Crippen LogP contribution in [0.2, 0.25) is 0 Å². The standard InChI is InChI=1S/C18H15N3O8S/c22-13(20-8-14(23)24)5-4-10-9-30(28,29)17-12(7-11-3-1-2-6-19-11)16(25)21(17)15(10)18(26)27/h1-7,17H,8-9H2,(H,20,22)(H,23,24)(H,26,27)/b5-4+,12-7+/t17-/m1/s1. The van der Waals surface area contributed by atoms with Crippen LogP contribution in [0.5, 0.6) is 0 Å². The summed E-state index contributed by atoms with van der Waals surface area (Å²) in [5.41, 5.74) is -0.582. The Bertz CT molecular complexity index is 1140. The summed E-state index contributed by atoms with van der Waals surface area (Å²) >= 11 is 0. The van der Waals surface area contributed by atoms with E-state index in [0.29, 0.717) is 10.6 Å². The second-order valence-corrected chi connectivity index (χ2v) is 8.37. The van der Waals surface area contributed by atoms with Gasteiger partial charge in [0, 0.05) is 12.3 Å². The van der Waals surface area contributed by atoms with Gasteiger partial charge in [0.05, 0.1) is 17.0 Å². The summed E-state index contributed by atoms with van der Waals surface area (Å²) in [5, 5.41) is 18.6. The number of amides is 2. The van der Waals surface area contributed by atoms with Crippen molar-refractivity contribution in [2.24, 2.45) is 0 Å². The first kappa shape index (κ1) is 20.9. The number of carbonyl (C=O) groups excluding carboxylic acids is 2. The fraction of sp³-hybridized carbons (Fsp3) is 0.167. The van der Waals surface area contributed by atoms with Gasteiger partial charge in [0.2, 0.25) is 5.91 Å². The maximum Gasteiger partial charge on any atom is 0.352 e. The number of hydrogen-bond acceptors (Lipinski definition) is 7.